The van der Waals surface area contributed by atoms with Crippen LogP contribution in [0.25, 0.3) is 6.08 Å². The smallest absolute Gasteiger partial charge is 0.330 e. The van der Waals surface area contributed by atoms with Crippen LogP contribution in [0, 0.1) is 13.8 Å². The third-order valence-corrected chi connectivity index (χ3v) is 4.63. The first-order chi connectivity index (χ1) is 11.3. The summed E-state index contributed by atoms with van der Waals surface area (Å²) >= 11 is 0. The van der Waals surface area contributed by atoms with Gasteiger partial charge < -0.3 is 4.74 Å². The van der Waals surface area contributed by atoms with Gasteiger partial charge in [-0.3, -0.25) is 4.72 Å². The number of nitrogens with one attached hydrogen (secondary N) is 1. The van der Waals surface area contributed by atoms with Crippen LogP contribution in [0.5, 0.6) is 0 Å². The van der Waals surface area contributed by atoms with Gasteiger partial charge in [-0.1, -0.05) is 18.2 Å². The number of anilines is 1. The normalized spacial score (nSPS) is 11.5. The maximum Gasteiger partial charge on any atom is 0.330 e. The Bertz CT molecular complexity index is 865. The summed E-state index contributed by atoms with van der Waals surface area (Å²) in [6.07, 6.45) is 2.74. The van der Waals surface area contributed by atoms with Gasteiger partial charge in [-0.25, -0.2) is 13.2 Å². The van der Waals surface area contributed by atoms with Crippen LogP contribution in [0.3, 0.4) is 0 Å². The van der Waals surface area contributed by atoms with Crippen molar-refractivity contribution < 1.29 is 17.9 Å². The zero-order valence-electron chi connectivity index (χ0n) is 13.7. The van der Waals surface area contributed by atoms with E-state index in [-0.39, 0.29) is 4.90 Å². The van der Waals surface area contributed by atoms with Gasteiger partial charge in [0.2, 0.25) is 0 Å². The predicted octanol–water partition coefficient (Wildman–Crippen LogP) is 3.29. The number of aryl methyl sites for hydroxylation is 2. The molecule has 0 unspecified atom stereocenters. The van der Waals surface area contributed by atoms with Crippen LogP contribution in [-0.2, 0) is 19.6 Å². The first-order valence-corrected chi connectivity index (χ1v) is 8.76. The van der Waals surface area contributed by atoms with Gasteiger partial charge in [0.15, 0.2) is 0 Å². The van der Waals surface area contributed by atoms with E-state index in [1.165, 1.54) is 31.4 Å². The second-order valence-corrected chi connectivity index (χ2v) is 7.09. The molecular weight excluding hydrogens is 326 g/mol. The molecule has 0 saturated carbocycles. The van der Waals surface area contributed by atoms with E-state index in [4.69, 9.17) is 0 Å². The van der Waals surface area contributed by atoms with Crippen molar-refractivity contribution >= 4 is 27.8 Å². The van der Waals surface area contributed by atoms with Gasteiger partial charge in [0.1, 0.15) is 0 Å². The van der Waals surface area contributed by atoms with Gasteiger partial charge in [-0.2, -0.15) is 0 Å². The highest BCUT2D eigenvalue weighted by Crippen LogP contribution is 2.20. The third-order valence-electron chi connectivity index (χ3n) is 3.26. The van der Waals surface area contributed by atoms with Crippen LogP contribution in [0.4, 0.5) is 5.69 Å². The van der Waals surface area contributed by atoms with Crippen LogP contribution < -0.4 is 4.72 Å². The Morgan fingerprint density at radius 3 is 2.38 bits per heavy atom. The molecule has 126 valence electrons. The number of carbonyl (C=O) groups is 1. The molecule has 0 fully saturated rings. The minimum Gasteiger partial charge on any atom is -0.466 e. The Hall–Kier alpha value is -2.60. The van der Waals surface area contributed by atoms with Gasteiger partial charge in [-0.05, 0) is 60.9 Å². The number of carbonyl (C=O) groups excluding carboxylic acids is 1. The van der Waals surface area contributed by atoms with Crippen molar-refractivity contribution in [3.63, 3.8) is 0 Å². The minimum atomic E-state index is -3.71. The average Bonchev–Trinajstić information content (AvgIpc) is 2.51. The molecule has 24 heavy (non-hydrogen) atoms. The van der Waals surface area contributed by atoms with Crippen molar-refractivity contribution in [2.75, 3.05) is 11.8 Å². The highest BCUT2D eigenvalue weighted by atomic mass is 32.2. The van der Waals surface area contributed by atoms with Crippen molar-refractivity contribution in [1.29, 1.82) is 0 Å². The van der Waals surface area contributed by atoms with E-state index in [1.807, 2.05) is 19.9 Å². The van der Waals surface area contributed by atoms with E-state index in [0.717, 1.165) is 11.1 Å². The molecule has 0 amide bonds. The van der Waals surface area contributed by atoms with Crippen LogP contribution in [0.15, 0.2) is 53.4 Å². The highest BCUT2D eigenvalue weighted by molar-refractivity contribution is 7.92. The van der Waals surface area contributed by atoms with Crippen molar-refractivity contribution in [1.82, 2.24) is 0 Å². The number of hydrogen-bond donors (Lipinski definition) is 1. The molecule has 0 saturated heterocycles. The number of esters is 1. The molecule has 5 nitrogen and oxygen atoms in total. The summed E-state index contributed by atoms with van der Waals surface area (Å²) in [7, 11) is -2.43. The van der Waals surface area contributed by atoms with E-state index in [1.54, 1.807) is 24.3 Å². The van der Waals surface area contributed by atoms with Gasteiger partial charge >= 0.3 is 5.97 Å². The molecule has 0 radical (unpaired) electrons. The molecule has 2 rings (SSSR count). The molecule has 1 N–H and O–H groups in total. The van der Waals surface area contributed by atoms with Crippen LogP contribution in [-0.4, -0.2) is 21.5 Å². The first-order valence-electron chi connectivity index (χ1n) is 7.27. The Kier molecular flexibility index (Phi) is 5.41. The average molecular weight is 345 g/mol. The number of rotatable bonds is 5. The van der Waals surface area contributed by atoms with E-state index in [0.29, 0.717) is 11.3 Å². The molecule has 0 aliphatic rings. The number of sulfonamides is 1. The monoisotopic (exact) mass is 345 g/mol. The standard InChI is InChI=1S/C18H19NO4S/c1-13-9-14(2)11-16(10-13)19-24(21,22)17-6-4-5-15(12-17)7-8-18(20)23-3/h4-12,19H,1-3H3/b8-7+. The van der Waals surface area contributed by atoms with E-state index in [2.05, 4.69) is 9.46 Å². The van der Waals surface area contributed by atoms with Crippen molar-refractivity contribution in [2.24, 2.45) is 0 Å². The van der Waals surface area contributed by atoms with Gasteiger partial charge in [-0.15, -0.1) is 0 Å². The zero-order chi connectivity index (χ0) is 17.7. The Balaban J connectivity index is 2.29. The summed E-state index contributed by atoms with van der Waals surface area (Å²) in [6.45, 7) is 3.81. The highest BCUT2D eigenvalue weighted by Gasteiger charge is 2.14. The molecule has 0 spiro atoms. The quantitative estimate of drug-likeness (QED) is 0.667. The van der Waals surface area contributed by atoms with Crippen LogP contribution in [0.1, 0.15) is 16.7 Å². The number of methoxy groups -OCH3 is 1. The fourth-order valence-electron chi connectivity index (χ4n) is 2.27. The second kappa shape index (κ2) is 7.31. The summed E-state index contributed by atoms with van der Waals surface area (Å²) in [5, 5.41) is 0. The van der Waals surface area contributed by atoms with Crippen molar-refractivity contribution in [3.05, 3.63) is 65.2 Å². The number of ether oxygens (including phenoxy) is 1. The molecule has 0 aliphatic heterocycles. The first kappa shape index (κ1) is 17.7. The molecular formula is C18H19NO4S. The van der Waals surface area contributed by atoms with Gasteiger partial charge in [0.25, 0.3) is 10.0 Å². The van der Waals surface area contributed by atoms with E-state index in [9.17, 15) is 13.2 Å². The van der Waals surface area contributed by atoms with Crippen LogP contribution >= 0.6 is 0 Å². The maximum absolute atomic E-state index is 12.5. The lowest BCUT2D eigenvalue weighted by molar-refractivity contribution is -0.134. The van der Waals surface area contributed by atoms with Crippen LogP contribution in [0.2, 0.25) is 0 Å². The fraction of sp³-hybridized carbons (Fsp3) is 0.167. The molecule has 0 heterocycles. The topological polar surface area (TPSA) is 72.5 Å². The molecule has 6 heteroatoms. The zero-order valence-corrected chi connectivity index (χ0v) is 14.6. The van der Waals surface area contributed by atoms with Crippen molar-refractivity contribution in [3.8, 4) is 0 Å². The molecule has 0 aromatic heterocycles. The summed E-state index contributed by atoms with van der Waals surface area (Å²) in [5.74, 6) is -0.503. The summed E-state index contributed by atoms with van der Waals surface area (Å²) < 4.78 is 32.2. The summed E-state index contributed by atoms with van der Waals surface area (Å²) in [5.41, 5.74) is 3.05. The Labute approximate surface area is 142 Å². The third kappa shape index (κ3) is 4.70. The second-order valence-electron chi connectivity index (χ2n) is 5.41. The molecule has 0 atom stereocenters. The lowest BCUT2D eigenvalue weighted by Gasteiger charge is -2.10. The Morgan fingerprint density at radius 1 is 1.08 bits per heavy atom. The molecule has 0 bridgehead atoms. The summed E-state index contributed by atoms with van der Waals surface area (Å²) in [6, 6.07) is 11.8. The minimum absolute atomic E-state index is 0.119. The largest absolute Gasteiger partial charge is 0.466 e. The molecule has 2 aromatic rings. The van der Waals surface area contributed by atoms with Crippen molar-refractivity contribution in [2.45, 2.75) is 18.7 Å². The maximum atomic E-state index is 12.5. The molecule has 2 aromatic carbocycles. The van der Waals surface area contributed by atoms with Gasteiger partial charge in [0.05, 0.1) is 12.0 Å². The number of benzene rings is 2. The predicted molar refractivity (Wildman–Crippen MR) is 94.2 cm³/mol. The lowest BCUT2D eigenvalue weighted by Crippen LogP contribution is -2.13. The van der Waals surface area contributed by atoms with Gasteiger partial charge in [0, 0.05) is 11.8 Å². The fourth-order valence-corrected chi connectivity index (χ4v) is 3.36. The lowest BCUT2D eigenvalue weighted by atomic mass is 10.1. The summed E-state index contributed by atoms with van der Waals surface area (Å²) in [4.78, 5) is 11.3. The van der Waals surface area contributed by atoms with E-state index < -0.39 is 16.0 Å². The van der Waals surface area contributed by atoms with E-state index >= 15 is 0 Å². The Morgan fingerprint density at radius 2 is 1.75 bits per heavy atom. The number of hydrogen-bond acceptors (Lipinski definition) is 4. The SMILES string of the molecule is COC(=O)/C=C/c1cccc(S(=O)(=O)Nc2cc(C)cc(C)c2)c1. The molecule has 0 aliphatic carbocycles.